The molecule has 4 aromatic carbocycles. The number of halogens is 1. The number of anilines is 2. The first-order valence-corrected chi connectivity index (χ1v) is 15.5. The molecule has 0 spiro atoms. The van der Waals surface area contributed by atoms with Gasteiger partial charge in [0.25, 0.3) is 17.6 Å². The normalized spacial score (nSPS) is 12.9. The van der Waals surface area contributed by atoms with Crippen LogP contribution in [0.4, 0.5) is 11.4 Å². The smallest absolute Gasteiger partial charge is 0.299 e. The fraction of sp³-hybridized carbons (Fsp3) is 0.114. The number of hydrogen-bond donors (Lipinski definition) is 1. The first-order chi connectivity index (χ1) is 22.3. The summed E-state index contributed by atoms with van der Waals surface area (Å²) in [6, 6.07) is 28.4. The van der Waals surface area contributed by atoms with Crippen LogP contribution in [-0.2, 0) is 20.9 Å². The number of Topliss-reactive ketones (excluding diaryl/α,β-unsaturated/α-hetero) is 1. The van der Waals surface area contributed by atoms with Crippen LogP contribution in [0.25, 0.3) is 11.3 Å². The van der Waals surface area contributed by atoms with Crippen molar-refractivity contribution < 1.29 is 23.9 Å². The largest absolute Gasteiger partial charge is 0.497 e. The van der Waals surface area contributed by atoms with Crippen LogP contribution in [0.2, 0.25) is 5.02 Å². The Morgan fingerprint density at radius 2 is 1.63 bits per heavy atom. The number of methoxy groups -OCH3 is 1. The van der Waals surface area contributed by atoms with Crippen molar-refractivity contribution >= 4 is 57.8 Å². The van der Waals surface area contributed by atoms with Crippen molar-refractivity contribution in [2.75, 3.05) is 23.9 Å². The van der Waals surface area contributed by atoms with E-state index in [9.17, 15) is 19.2 Å². The number of carbonyl (C=O) groups is 4. The maximum atomic E-state index is 14.3. The summed E-state index contributed by atoms with van der Waals surface area (Å²) in [5.74, 6) is -1.93. The molecule has 0 fully saturated rings. The molecule has 9 nitrogen and oxygen atoms in total. The van der Waals surface area contributed by atoms with Gasteiger partial charge >= 0.3 is 0 Å². The number of benzene rings is 4. The lowest BCUT2D eigenvalue weighted by Crippen LogP contribution is -2.46. The van der Waals surface area contributed by atoms with Crippen LogP contribution in [0.3, 0.4) is 0 Å². The monoisotopic (exact) mass is 650 g/mol. The van der Waals surface area contributed by atoms with Gasteiger partial charge in [0.15, 0.2) is 0 Å². The number of nitrogens with one attached hydrogen (secondary N) is 1. The second kappa shape index (κ2) is 13.4. The van der Waals surface area contributed by atoms with E-state index in [2.05, 4.69) is 5.32 Å². The zero-order valence-electron chi connectivity index (χ0n) is 24.6. The van der Waals surface area contributed by atoms with Gasteiger partial charge in [-0.2, -0.15) is 0 Å². The molecule has 0 saturated carbocycles. The van der Waals surface area contributed by atoms with E-state index in [0.717, 1.165) is 16.2 Å². The third-order valence-corrected chi connectivity index (χ3v) is 8.61. The third kappa shape index (κ3) is 6.39. The molecule has 1 aliphatic rings. The molecule has 6 rings (SSSR count). The van der Waals surface area contributed by atoms with Crippen molar-refractivity contribution in [2.45, 2.75) is 12.6 Å². The number of hydrogen-bond acceptors (Lipinski definition) is 7. The molecule has 0 saturated heterocycles. The van der Waals surface area contributed by atoms with Crippen molar-refractivity contribution in [1.82, 2.24) is 9.88 Å². The lowest BCUT2D eigenvalue weighted by Gasteiger charge is -2.32. The highest BCUT2D eigenvalue weighted by Gasteiger charge is 2.39. The molecule has 3 amide bonds. The maximum Gasteiger partial charge on any atom is 0.299 e. The lowest BCUT2D eigenvalue weighted by atomic mass is 10.0. The van der Waals surface area contributed by atoms with Gasteiger partial charge in [0.1, 0.15) is 23.3 Å². The number of rotatable bonds is 10. The first kappa shape index (κ1) is 30.7. The molecule has 1 atom stereocenters. The zero-order valence-corrected chi connectivity index (χ0v) is 26.1. The molecule has 2 heterocycles. The van der Waals surface area contributed by atoms with Crippen LogP contribution >= 0.6 is 22.9 Å². The number of nitrogens with zero attached hydrogens (tertiary/aromatic N) is 3. The van der Waals surface area contributed by atoms with Crippen molar-refractivity contribution in [3.63, 3.8) is 0 Å². The molecule has 1 aliphatic heterocycles. The molecule has 0 radical (unpaired) electrons. The van der Waals surface area contributed by atoms with E-state index >= 15 is 0 Å². The maximum absolute atomic E-state index is 14.3. The second-order valence-corrected chi connectivity index (χ2v) is 11.8. The van der Waals surface area contributed by atoms with Gasteiger partial charge in [-0.25, -0.2) is 4.98 Å². The highest BCUT2D eigenvalue weighted by molar-refractivity contribution is 7.09. The minimum absolute atomic E-state index is 0.0444. The molecule has 11 heteroatoms. The molecule has 5 aromatic rings. The number of ether oxygens (including phenoxy) is 1. The predicted molar refractivity (Wildman–Crippen MR) is 177 cm³/mol. The summed E-state index contributed by atoms with van der Waals surface area (Å²) in [7, 11) is 1.55. The van der Waals surface area contributed by atoms with Gasteiger partial charge < -0.3 is 15.0 Å². The molecule has 0 bridgehead atoms. The Hall–Kier alpha value is -5.32. The van der Waals surface area contributed by atoms with Crippen molar-refractivity contribution in [2.24, 2.45) is 0 Å². The summed E-state index contributed by atoms with van der Waals surface area (Å²) in [5.41, 5.74) is 3.20. The SMILES string of the molecule is COc1ccc(NC(=O)[C@H](c2ccc(Cl)cc2)N(Cc2nc(-c3ccccc3)cs2)C(=O)CN2C(=O)C(=O)c3ccccc32)cc1. The van der Waals surface area contributed by atoms with E-state index < -0.39 is 36.1 Å². The highest BCUT2D eigenvalue weighted by Crippen LogP contribution is 2.32. The summed E-state index contributed by atoms with van der Waals surface area (Å²) >= 11 is 7.55. The summed E-state index contributed by atoms with van der Waals surface area (Å²) in [4.78, 5) is 61.6. The number of para-hydroxylation sites is 1. The van der Waals surface area contributed by atoms with E-state index in [-0.39, 0.29) is 12.1 Å². The van der Waals surface area contributed by atoms with Crippen molar-refractivity contribution in [1.29, 1.82) is 0 Å². The second-order valence-electron chi connectivity index (χ2n) is 10.4. The number of amides is 3. The van der Waals surface area contributed by atoms with Crippen molar-refractivity contribution in [3.05, 3.63) is 130 Å². The van der Waals surface area contributed by atoms with Gasteiger partial charge in [-0.3, -0.25) is 24.1 Å². The highest BCUT2D eigenvalue weighted by atomic mass is 35.5. The fourth-order valence-electron chi connectivity index (χ4n) is 5.23. The van der Waals surface area contributed by atoms with E-state index in [4.69, 9.17) is 21.3 Å². The molecule has 230 valence electrons. The Bertz CT molecular complexity index is 1910. The standard InChI is InChI=1S/C35H27ClN4O5S/c1-45-26-17-15-25(16-18-26)37-34(43)32(23-11-13-24(36)14-12-23)40(19-30-38-28(21-46-30)22-7-3-2-4-8-22)31(41)20-39-29-10-6-5-9-27(29)33(42)35(39)44/h2-18,21,32H,19-20H2,1H3,(H,37,43)/t32-/m0/s1. The van der Waals surface area contributed by atoms with Gasteiger partial charge in [0.05, 0.1) is 30.6 Å². The van der Waals surface area contributed by atoms with Crippen LogP contribution in [0.15, 0.2) is 109 Å². The quantitative estimate of drug-likeness (QED) is 0.175. The topological polar surface area (TPSA) is 109 Å². The van der Waals surface area contributed by atoms with Crippen LogP contribution in [-0.4, -0.2) is 47.0 Å². The van der Waals surface area contributed by atoms with E-state index in [1.807, 2.05) is 35.7 Å². The average Bonchev–Trinajstić information content (AvgIpc) is 3.65. The number of carbonyl (C=O) groups excluding carboxylic acids is 4. The van der Waals surface area contributed by atoms with Crippen LogP contribution < -0.4 is 15.0 Å². The van der Waals surface area contributed by atoms with E-state index in [0.29, 0.717) is 32.7 Å². The van der Waals surface area contributed by atoms with E-state index in [1.165, 1.54) is 16.2 Å². The number of fused-ring (bicyclic) bond motifs is 1. The van der Waals surface area contributed by atoms with Gasteiger partial charge in [0, 0.05) is 21.7 Å². The van der Waals surface area contributed by atoms with Gasteiger partial charge in [-0.1, -0.05) is 66.2 Å². The summed E-state index contributed by atoms with van der Waals surface area (Å²) in [6.45, 7) is -0.504. The summed E-state index contributed by atoms with van der Waals surface area (Å²) in [5, 5.41) is 5.84. The molecule has 1 aromatic heterocycles. The minimum Gasteiger partial charge on any atom is -0.497 e. The van der Waals surface area contributed by atoms with Crippen LogP contribution in [0.1, 0.15) is 27.0 Å². The van der Waals surface area contributed by atoms with Crippen LogP contribution in [0, 0.1) is 0 Å². The van der Waals surface area contributed by atoms with E-state index in [1.54, 1.807) is 79.9 Å². The Morgan fingerprint density at radius 3 is 2.35 bits per heavy atom. The predicted octanol–water partition coefficient (Wildman–Crippen LogP) is 6.41. The molecule has 46 heavy (non-hydrogen) atoms. The Morgan fingerprint density at radius 1 is 0.935 bits per heavy atom. The molecule has 1 N–H and O–H groups in total. The number of thiazole rings is 1. The van der Waals surface area contributed by atoms with Gasteiger partial charge in [-0.05, 0) is 54.1 Å². The Kier molecular flexibility index (Phi) is 8.91. The summed E-state index contributed by atoms with van der Waals surface area (Å²) < 4.78 is 5.24. The zero-order chi connectivity index (χ0) is 32.2. The number of ketones is 1. The van der Waals surface area contributed by atoms with Crippen LogP contribution in [0.5, 0.6) is 5.75 Å². The lowest BCUT2D eigenvalue weighted by molar-refractivity contribution is -0.139. The summed E-state index contributed by atoms with van der Waals surface area (Å²) in [6.07, 6.45) is 0. The average molecular weight is 651 g/mol. The Labute approximate surface area is 274 Å². The molecule has 0 aliphatic carbocycles. The fourth-order valence-corrected chi connectivity index (χ4v) is 6.16. The minimum atomic E-state index is -1.15. The van der Waals surface area contributed by atoms with Gasteiger partial charge in [-0.15, -0.1) is 11.3 Å². The third-order valence-electron chi connectivity index (χ3n) is 7.52. The molecule has 0 unspecified atom stereocenters. The number of aromatic nitrogens is 1. The first-order valence-electron chi connectivity index (χ1n) is 14.3. The van der Waals surface area contributed by atoms with Gasteiger partial charge in [0.2, 0.25) is 5.91 Å². The molecular weight excluding hydrogens is 624 g/mol. The molecular formula is C35H27ClN4O5S. The van der Waals surface area contributed by atoms with Crippen molar-refractivity contribution in [3.8, 4) is 17.0 Å². The Balaban J connectivity index is 1.39.